The lowest BCUT2D eigenvalue weighted by molar-refractivity contribution is -0.139. The Balaban J connectivity index is 1.59. The fourth-order valence-corrected chi connectivity index (χ4v) is 3.64. The van der Waals surface area contributed by atoms with Crippen LogP contribution in [0.5, 0.6) is 11.5 Å². The summed E-state index contributed by atoms with van der Waals surface area (Å²) in [5.74, 6) is 1.74. The number of hydrogen-bond acceptors (Lipinski definition) is 4. The smallest absolute Gasteiger partial charge is 0.312 e. The first-order chi connectivity index (χ1) is 14.0. The van der Waals surface area contributed by atoms with Crippen molar-refractivity contribution < 1.29 is 19.1 Å². The molecule has 1 saturated heterocycles. The summed E-state index contributed by atoms with van der Waals surface area (Å²) in [5, 5.41) is 2.59. The van der Waals surface area contributed by atoms with E-state index >= 15 is 0 Å². The molecule has 3 rings (SSSR count). The molecule has 0 spiro atoms. The van der Waals surface area contributed by atoms with E-state index < -0.39 is 12.1 Å². The molecule has 2 aromatic carbocycles. The highest BCUT2D eigenvalue weighted by atomic mass is 16.5. The number of likely N-dealkylation sites (tertiary alicyclic amines) is 1. The Morgan fingerprint density at radius 2 is 1.69 bits per heavy atom. The van der Waals surface area contributed by atoms with Crippen LogP contribution in [0, 0.1) is 5.92 Å². The number of benzene rings is 2. The SMILES string of the molecule is COc1cc(CC2CN(C(=O)C(Cc3ccccc3)NC(N)=O)C2)cc(OC)c1. The lowest BCUT2D eigenvalue weighted by Gasteiger charge is -2.41. The summed E-state index contributed by atoms with van der Waals surface area (Å²) in [7, 11) is 3.25. The molecule has 1 aliphatic rings. The maximum atomic E-state index is 12.9. The van der Waals surface area contributed by atoms with Gasteiger partial charge in [-0.2, -0.15) is 0 Å². The fraction of sp³-hybridized carbons (Fsp3) is 0.364. The first kappa shape index (κ1) is 20.5. The third-order valence-electron chi connectivity index (χ3n) is 5.10. The maximum Gasteiger partial charge on any atom is 0.312 e. The molecule has 29 heavy (non-hydrogen) atoms. The Hall–Kier alpha value is -3.22. The van der Waals surface area contributed by atoms with Crippen molar-refractivity contribution in [2.24, 2.45) is 11.7 Å². The third-order valence-corrected chi connectivity index (χ3v) is 5.10. The zero-order chi connectivity index (χ0) is 20.8. The minimum atomic E-state index is -0.695. The van der Waals surface area contributed by atoms with Crippen LogP contribution in [0.3, 0.4) is 0 Å². The van der Waals surface area contributed by atoms with Crippen molar-refractivity contribution in [1.82, 2.24) is 10.2 Å². The summed E-state index contributed by atoms with van der Waals surface area (Å²) in [5.41, 5.74) is 7.36. The molecule has 1 fully saturated rings. The molecule has 0 saturated carbocycles. The minimum absolute atomic E-state index is 0.105. The number of nitrogens with two attached hydrogens (primary N) is 1. The van der Waals surface area contributed by atoms with Crippen LogP contribution >= 0.6 is 0 Å². The highest BCUT2D eigenvalue weighted by Crippen LogP contribution is 2.27. The first-order valence-electron chi connectivity index (χ1n) is 9.59. The van der Waals surface area contributed by atoms with Gasteiger partial charge >= 0.3 is 6.03 Å². The molecule has 2 aromatic rings. The summed E-state index contributed by atoms with van der Waals surface area (Å²) < 4.78 is 10.6. The average molecular weight is 397 g/mol. The van der Waals surface area contributed by atoms with Gasteiger partial charge < -0.3 is 25.4 Å². The molecule has 1 aliphatic heterocycles. The van der Waals surface area contributed by atoms with Crippen molar-refractivity contribution in [3.8, 4) is 11.5 Å². The van der Waals surface area contributed by atoms with Gasteiger partial charge in [-0.3, -0.25) is 4.79 Å². The molecular formula is C22H27N3O4. The maximum absolute atomic E-state index is 12.9. The van der Waals surface area contributed by atoms with Gasteiger partial charge in [0.25, 0.3) is 0 Å². The number of methoxy groups -OCH3 is 2. The van der Waals surface area contributed by atoms with Crippen LogP contribution in [0.4, 0.5) is 4.79 Å². The van der Waals surface area contributed by atoms with Crippen molar-refractivity contribution in [2.45, 2.75) is 18.9 Å². The molecule has 3 amide bonds. The standard InChI is InChI=1S/C22H27N3O4/c1-28-18-9-16(10-19(12-18)29-2)8-17-13-25(14-17)21(26)20(24-22(23)27)11-15-6-4-3-5-7-15/h3-7,9-10,12,17,20H,8,11,13-14H2,1-2H3,(H3,23,24,27). The summed E-state index contributed by atoms with van der Waals surface area (Å²) in [6.45, 7) is 1.29. The predicted molar refractivity (Wildman–Crippen MR) is 110 cm³/mol. The lowest BCUT2D eigenvalue weighted by atomic mass is 9.90. The van der Waals surface area contributed by atoms with E-state index in [0.717, 1.165) is 29.0 Å². The molecule has 1 atom stereocenters. The van der Waals surface area contributed by atoms with E-state index in [0.29, 0.717) is 25.4 Å². The Kier molecular flexibility index (Phi) is 6.59. The summed E-state index contributed by atoms with van der Waals surface area (Å²) in [6.07, 6.45) is 1.24. The van der Waals surface area contributed by atoms with E-state index in [1.54, 1.807) is 19.1 Å². The number of ether oxygens (including phenoxy) is 2. The lowest BCUT2D eigenvalue weighted by Crippen LogP contribution is -2.58. The molecule has 154 valence electrons. The van der Waals surface area contributed by atoms with Crippen LogP contribution in [0.15, 0.2) is 48.5 Å². The summed E-state index contributed by atoms with van der Waals surface area (Å²) >= 11 is 0. The number of carbonyl (C=O) groups excluding carboxylic acids is 2. The van der Waals surface area contributed by atoms with E-state index in [1.165, 1.54) is 0 Å². The quantitative estimate of drug-likeness (QED) is 0.712. The Morgan fingerprint density at radius 1 is 1.07 bits per heavy atom. The minimum Gasteiger partial charge on any atom is -0.497 e. The van der Waals surface area contributed by atoms with Crippen molar-refractivity contribution in [2.75, 3.05) is 27.3 Å². The number of rotatable bonds is 8. The number of hydrogen-bond donors (Lipinski definition) is 2. The van der Waals surface area contributed by atoms with Crippen LogP contribution in [-0.4, -0.2) is 50.2 Å². The van der Waals surface area contributed by atoms with Crippen LogP contribution < -0.4 is 20.5 Å². The molecule has 0 bridgehead atoms. The molecule has 0 aromatic heterocycles. The fourth-order valence-electron chi connectivity index (χ4n) is 3.64. The number of nitrogens with one attached hydrogen (secondary N) is 1. The Labute approximate surface area is 170 Å². The van der Waals surface area contributed by atoms with E-state index in [-0.39, 0.29) is 5.91 Å². The number of amides is 3. The number of carbonyl (C=O) groups is 2. The van der Waals surface area contributed by atoms with E-state index in [2.05, 4.69) is 5.32 Å². The molecule has 1 heterocycles. The van der Waals surface area contributed by atoms with Gasteiger partial charge in [0.2, 0.25) is 5.91 Å². The van der Waals surface area contributed by atoms with Crippen LogP contribution in [0.1, 0.15) is 11.1 Å². The third kappa shape index (κ3) is 5.40. The van der Waals surface area contributed by atoms with Gasteiger partial charge in [0.05, 0.1) is 14.2 Å². The van der Waals surface area contributed by atoms with Crippen LogP contribution in [0.2, 0.25) is 0 Å². The van der Waals surface area contributed by atoms with Gasteiger partial charge in [-0.05, 0) is 35.6 Å². The largest absolute Gasteiger partial charge is 0.497 e. The van der Waals surface area contributed by atoms with Crippen molar-refractivity contribution in [1.29, 1.82) is 0 Å². The van der Waals surface area contributed by atoms with E-state index in [4.69, 9.17) is 15.2 Å². The Bertz CT molecular complexity index is 828. The van der Waals surface area contributed by atoms with Gasteiger partial charge in [0.15, 0.2) is 0 Å². The van der Waals surface area contributed by atoms with Crippen molar-refractivity contribution in [3.05, 3.63) is 59.7 Å². The molecule has 0 aliphatic carbocycles. The summed E-state index contributed by atoms with van der Waals surface area (Å²) in [4.78, 5) is 26.0. The number of urea groups is 1. The number of primary amides is 1. The highest BCUT2D eigenvalue weighted by molar-refractivity contribution is 5.87. The van der Waals surface area contributed by atoms with E-state index in [1.807, 2.05) is 48.5 Å². The number of nitrogens with zero attached hydrogens (tertiary/aromatic N) is 1. The molecule has 0 radical (unpaired) electrons. The monoisotopic (exact) mass is 397 g/mol. The van der Waals surface area contributed by atoms with Gasteiger partial charge in [0.1, 0.15) is 17.5 Å². The molecule has 7 nitrogen and oxygen atoms in total. The van der Waals surface area contributed by atoms with Gasteiger partial charge in [0, 0.05) is 25.6 Å². The zero-order valence-electron chi connectivity index (χ0n) is 16.8. The van der Waals surface area contributed by atoms with Crippen LogP contribution in [0.25, 0.3) is 0 Å². The average Bonchev–Trinajstić information content (AvgIpc) is 2.69. The Morgan fingerprint density at radius 3 is 2.24 bits per heavy atom. The van der Waals surface area contributed by atoms with Gasteiger partial charge in [-0.25, -0.2) is 4.79 Å². The molecular weight excluding hydrogens is 370 g/mol. The second-order valence-corrected chi connectivity index (χ2v) is 7.29. The zero-order valence-corrected chi connectivity index (χ0v) is 16.8. The van der Waals surface area contributed by atoms with Crippen LogP contribution in [-0.2, 0) is 17.6 Å². The predicted octanol–water partition coefficient (Wildman–Crippen LogP) is 1.98. The second kappa shape index (κ2) is 9.32. The molecule has 3 N–H and O–H groups in total. The second-order valence-electron chi connectivity index (χ2n) is 7.29. The van der Waals surface area contributed by atoms with Gasteiger partial charge in [-0.1, -0.05) is 30.3 Å². The summed E-state index contributed by atoms with van der Waals surface area (Å²) in [6, 6.07) is 14.0. The molecule has 7 heteroatoms. The first-order valence-corrected chi connectivity index (χ1v) is 9.59. The molecule has 1 unspecified atom stereocenters. The van der Waals surface area contributed by atoms with E-state index in [9.17, 15) is 9.59 Å². The van der Waals surface area contributed by atoms with Gasteiger partial charge in [-0.15, -0.1) is 0 Å². The van der Waals surface area contributed by atoms with Crippen molar-refractivity contribution in [3.63, 3.8) is 0 Å². The highest BCUT2D eigenvalue weighted by Gasteiger charge is 2.35. The normalized spacial score (nSPS) is 14.6. The topological polar surface area (TPSA) is 93.9 Å². The van der Waals surface area contributed by atoms with Crippen molar-refractivity contribution >= 4 is 11.9 Å².